The molecule has 0 bridgehead atoms. The molecule has 3 nitrogen and oxygen atoms in total. The molecule has 0 fully saturated rings. The molecule has 0 spiro atoms. The molecule has 0 radical (unpaired) electrons. The molecule has 0 aliphatic carbocycles. The van der Waals surface area contributed by atoms with Crippen molar-refractivity contribution in [2.75, 3.05) is 0 Å². The van der Waals surface area contributed by atoms with Gasteiger partial charge in [0, 0.05) is 24.4 Å². The average Bonchev–Trinajstić information content (AvgIpc) is 2.76. The largest absolute Gasteiger partial charge is 0.304 e. The molecule has 0 unspecified atom stereocenters. The molecule has 0 saturated heterocycles. The Kier molecular flexibility index (Phi) is 2.81. The van der Waals surface area contributed by atoms with Crippen LogP contribution in [0.2, 0.25) is 0 Å². The number of carbonyl (C=O) groups is 1. The van der Waals surface area contributed by atoms with E-state index in [1.807, 2.05) is 6.92 Å². The maximum Gasteiger partial charge on any atom is 0.150 e. The zero-order valence-electron chi connectivity index (χ0n) is 8.85. The Balaban J connectivity index is 2.55. The van der Waals surface area contributed by atoms with Crippen molar-refractivity contribution in [1.29, 1.82) is 0 Å². The standard InChI is InChI=1S/C12H11FN2O/c1-2-12-14-3-4-15(12)11-6-9(8-16)5-10(13)7-11/h3-8H,2H2,1H3. The van der Waals surface area contributed by atoms with Gasteiger partial charge in [0.1, 0.15) is 17.9 Å². The van der Waals surface area contributed by atoms with E-state index in [4.69, 9.17) is 0 Å². The Hall–Kier alpha value is -1.97. The quantitative estimate of drug-likeness (QED) is 0.741. The first-order valence-electron chi connectivity index (χ1n) is 5.03. The summed E-state index contributed by atoms with van der Waals surface area (Å²) in [5.74, 6) is 0.415. The molecule has 0 amide bonds. The van der Waals surface area contributed by atoms with Crippen LogP contribution in [0.15, 0.2) is 30.6 Å². The van der Waals surface area contributed by atoms with E-state index in [2.05, 4.69) is 4.98 Å². The molecule has 0 N–H and O–H groups in total. The van der Waals surface area contributed by atoms with Crippen LogP contribution >= 0.6 is 0 Å². The van der Waals surface area contributed by atoms with Crippen molar-refractivity contribution in [3.63, 3.8) is 0 Å². The number of aryl methyl sites for hydroxylation is 1. The fourth-order valence-electron chi connectivity index (χ4n) is 1.63. The first kappa shape index (κ1) is 10.5. The third-order valence-electron chi connectivity index (χ3n) is 2.35. The van der Waals surface area contributed by atoms with E-state index in [9.17, 15) is 9.18 Å². The molecule has 0 atom stereocenters. The maximum atomic E-state index is 13.2. The van der Waals surface area contributed by atoms with Crippen molar-refractivity contribution in [3.05, 3.63) is 47.8 Å². The minimum Gasteiger partial charge on any atom is -0.304 e. The van der Waals surface area contributed by atoms with E-state index in [1.54, 1.807) is 23.0 Å². The van der Waals surface area contributed by atoms with Gasteiger partial charge in [0.25, 0.3) is 0 Å². The summed E-state index contributed by atoms with van der Waals surface area (Å²) in [4.78, 5) is 14.8. The van der Waals surface area contributed by atoms with Crippen LogP contribution in [-0.2, 0) is 6.42 Å². The number of aldehydes is 1. The topological polar surface area (TPSA) is 34.9 Å². The number of carbonyl (C=O) groups excluding carboxylic acids is 1. The predicted octanol–water partition coefficient (Wildman–Crippen LogP) is 2.39. The number of hydrogen-bond acceptors (Lipinski definition) is 2. The van der Waals surface area contributed by atoms with E-state index in [-0.39, 0.29) is 0 Å². The molecule has 1 heterocycles. The SMILES string of the molecule is CCc1nccn1-c1cc(F)cc(C=O)c1. The number of aromatic nitrogens is 2. The second-order valence-corrected chi connectivity index (χ2v) is 3.43. The second-order valence-electron chi connectivity index (χ2n) is 3.43. The lowest BCUT2D eigenvalue weighted by Gasteiger charge is -2.07. The van der Waals surface area contributed by atoms with Crippen LogP contribution < -0.4 is 0 Å². The molecular formula is C12H11FN2O. The van der Waals surface area contributed by atoms with E-state index in [1.165, 1.54) is 12.1 Å². The zero-order chi connectivity index (χ0) is 11.5. The third-order valence-corrected chi connectivity index (χ3v) is 2.35. The van der Waals surface area contributed by atoms with Gasteiger partial charge in [-0.15, -0.1) is 0 Å². The highest BCUT2D eigenvalue weighted by Crippen LogP contribution is 2.14. The number of nitrogens with zero attached hydrogens (tertiary/aromatic N) is 2. The van der Waals surface area contributed by atoms with Crippen molar-refractivity contribution in [3.8, 4) is 5.69 Å². The molecule has 82 valence electrons. The van der Waals surface area contributed by atoms with Crippen molar-refractivity contribution in [2.24, 2.45) is 0 Å². The summed E-state index contributed by atoms with van der Waals surface area (Å²) in [6, 6.07) is 4.23. The van der Waals surface area contributed by atoms with E-state index < -0.39 is 5.82 Å². The highest BCUT2D eigenvalue weighted by molar-refractivity contribution is 5.76. The molecule has 16 heavy (non-hydrogen) atoms. The Bertz CT molecular complexity index is 519. The van der Waals surface area contributed by atoms with Gasteiger partial charge in [0.15, 0.2) is 0 Å². The minimum atomic E-state index is -0.421. The molecule has 2 aromatic rings. The van der Waals surface area contributed by atoms with Gasteiger partial charge in [-0.1, -0.05) is 6.92 Å². The number of imidazole rings is 1. The Labute approximate surface area is 92.5 Å². The highest BCUT2D eigenvalue weighted by atomic mass is 19.1. The van der Waals surface area contributed by atoms with Crippen LogP contribution in [0.25, 0.3) is 5.69 Å². The first-order valence-corrected chi connectivity index (χ1v) is 5.03. The van der Waals surface area contributed by atoms with Crippen molar-refractivity contribution >= 4 is 6.29 Å². The van der Waals surface area contributed by atoms with E-state index in [0.717, 1.165) is 12.2 Å². The molecule has 0 aliphatic heterocycles. The molecule has 0 aliphatic rings. The van der Waals surface area contributed by atoms with Crippen LogP contribution in [-0.4, -0.2) is 15.8 Å². The second kappa shape index (κ2) is 4.26. The maximum absolute atomic E-state index is 13.2. The fourth-order valence-corrected chi connectivity index (χ4v) is 1.63. The number of benzene rings is 1. The Morgan fingerprint density at radius 1 is 1.44 bits per heavy atom. The summed E-state index contributed by atoms with van der Waals surface area (Å²) in [5, 5.41) is 0. The fraction of sp³-hybridized carbons (Fsp3) is 0.167. The minimum absolute atomic E-state index is 0.325. The smallest absolute Gasteiger partial charge is 0.150 e. The number of hydrogen-bond donors (Lipinski definition) is 0. The lowest BCUT2D eigenvalue weighted by Crippen LogP contribution is -2.00. The van der Waals surface area contributed by atoms with Gasteiger partial charge >= 0.3 is 0 Å². The highest BCUT2D eigenvalue weighted by Gasteiger charge is 2.05. The average molecular weight is 218 g/mol. The normalized spacial score (nSPS) is 10.4. The summed E-state index contributed by atoms with van der Waals surface area (Å²) in [5.41, 5.74) is 0.946. The van der Waals surface area contributed by atoms with Crippen molar-refractivity contribution in [2.45, 2.75) is 13.3 Å². The van der Waals surface area contributed by atoms with Crippen LogP contribution in [0.1, 0.15) is 23.1 Å². The first-order chi connectivity index (χ1) is 7.74. The predicted molar refractivity (Wildman–Crippen MR) is 58.3 cm³/mol. The van der Waals surface area contributed by atoms with Crippen LogP contribution in [0.4, 0.5) is 4.39 Å². The van der Waals surface area contributed by atoms with Gasteiger partial charge in [-0.3, -0.25) is 4.79 Å². The van der Waals surface area contributed by atoms with Crippen LogP contribution in [0, 0.1) is 5.82 Å². The third kappa shape index (κ3) is 1.86. The summed E-state index contributed by atoms with van der Waals surface area (Å²) < 4.78 is 15.0. The number of halogens is 1. The van der Waals surface area contributed by atoms with Crippen molar-refractivity contribution < 1.29 is 9.18 Å². The Morgan fingerprint density at radius 3 is 2.94 bits per heavy atom. The molecule has 1 aromatic carbocycles. The van der Waals surface area contributed by atoms with Crippen molar-refractivity contribution in [1.82, 2.24) is 9.55 Å². The van der Waals surface area contributed by atoms with E-state index in [0.29, 0.717) is 17.5 Å². The summed E-state index contributed by atoms with van der Waals surface area (Å²) >= 11 is 0. The molecule has 2 rings (SSSR count). The summed E-state index contributed by atoms with van der Waals surface area (Å²) in [6.45, 7) is 1.97. The lowest BCUT2D eigenvalue weighted by molar-refractivity contribution is 0.112. The van der Waals surface area contributed by atoms with Gasteiger partial charge < -0.3 is 4.57 Å². The number of rotatable bonds is 3. The van der Waals surface area contributed by atoms with Gasteiger partial charge in [-0.25, -0.2) is 9.37 Å². The summed E-state index contributed by atoms with van der Waals surface area (Å²) in [6.07, 6.45) is 4.79. The molecular weight excluding hydrogens is 207 g/mol. The van der Waals surface area contributed by atoms with Gasteiger partial charge in [0.2, 0.25) is 0 Å². The monoisotopic (exact) mass is 218 g/mol. The lowest BCUT2D eigenvalue weighted by atomic mass is 10.2. The molecule has 4 heteroatoms. The summed E-state index contributed by atoms with van der Waals surface area (Å²) in [7, 11) is 0. The zero-order valence-corrected chi connectivity index (χ0v) is 8.85. The van der Waals surface area contributed by atoms with Gasteiger partial charge in [0.05, 0.1) is 5.69 Å². The van der Waals surface area contributed by atoms with Crippen LogP contribution in [0.3, 0.4) is 0 Å². The van der Waals surface area contributed by atoms with E-state index >= 15 is 0 Å². The van der Waals surface area contributed by atoms with Crippen LogP contribution in [0.5, 0.6) is 0 Å². The Morgan fingerprint density at radius 2 is 2.25 bits per heavy atom. The van der Waals surface area contributed by atoms with Gasteiger partial charge in [-0.05, 0) is 18.2 Å². The molecule has 0 saturated carbocycles. The van der Waals surface area contributed by atoms with Gasteiger partial charge in [-0.2, -0.15) is 0 Å². The molecule has 1 aromatic heterocycles.